The van der Waals surface area contributed by atoms with Crippen molar-refractivity contribution in [3.05, 3.63) is 182 Å². The van der Waals surface area contributed by atoms with Gasteiger partial charge in [-0.05, 0) is 0 Å². The molecule has 0 spiro atoms. The van der Waals surface area contributed by atoms with Crippen molar-refractivity contribution >= 4 is 0 Å². The van der Waals surface area contributed by atoms with E-state index in [1.54, 1.807) is 229 Å². The Hall–Kier alpha value is -2.64. The minimum absolute atomic E-state index is 0.404. The fourth-order valence-corrected chi connectivity index (χ4v) is 11.2. The van der Waals surface area contributed by atoms with Gasteiger partial charge in [0.05, 0.1) is 0 Å². The Balaban J connectivity index is -0.000000945. The van der Waals surface area contributed by atoms with Crippen LogP contribution in [0.2, 0.25) is 25.3 Å². The average Bonchev–Trinajstić information content (AvgIpc) is 3.55. The Morgan fingerprint density at radius 2 is 0.310 bits per heavy atom. The SMILES string of the molecule is C[CH](C)[Ti](=[O])([O-])[O]c1ccccc1.C[CH](C)[Ti](=[O])([O-])[O]c1ccccc1.C[CH](C)[Ti](=[O])([O-])[O]c1ccccc1.C[CH](C)[Ti](=[O])([O-])[O]c1ccccc1.C[CH](C)[Ti](=[O])([O-])[O]c1ccccc1.C[CH](C)[Ti](=[O])([O-])[O]c1ccccc1.[O]=[Cr+2]=[O].[O]=[Cr+2]=[O].[O]=[Cr+2]=[O]. The second-order valence-corrected chi connectivity index (χ2v) is 43.9. The van der Waals surface area contributed by atoms with Crippen LogP contribution in [0.5, 0.6) is 34.5 Å². The van der Waals surface area contributed by atoms with Crippen molar-refractivity contribution in [1.29, 1.82) is 0 Å². The molecule has 0 aliphatic rings. The molecule has 0 heterocycles. The first kappa shape index (κ1) is 88.6. The zero-order chi connectivity index (χ0) is 67.5. The molecule has 6 unspecified atom stereocenters. The van der Waals surface area contributed by atoms with E-state index in [2.05, 4.69) is 0 Å². The van der Waals surface area contributed by atoms with Crippen LogP contribution in [0, 0.1) is 0 Å². The number of rotatable bonds is 18. The van der Waals surface area contributed by atoms with Crippen LogP contribution in [0.25, 0.3) is 0 Å². The second kappa shape index (κ2) is 48.2. The van der Waals surface area contributed by atoms with Gasteiger partial charge in [0.1, 0.15) is 0 Å². The number of para-hydroxylation sites is 6. The first-order valence-corrected chi connectivity index (χ1v) is 46.0. The van der Waals surface area contributed by atoms with Gasteiger partial charge in [-0.15, -0.1) is 0 Å². The van der Waals surface area contributed by atoms with Gasteiger partial charge in [0.25, 0.3) is 0 Å². The van der Waals surface area contributed by atoms with E-state index in [-0.39, 0.29) is 0 Å². The van der Waals surface area contributed by atoms with Crippen molar-refractivity contribution in [2.24, 2.45) is 0 Å². The summed E-state index contributed by atoms with van der Waals surface area (Å²) < 4.78 is 214. The Morgan fingerprint density at radius 3 is 0.379 bits per heavy atom. The molecule has 6 rings (SSSR count). The topological polar surface area (TPSA) is 399 Å². The van der Waals surface area contributed by atoms with Crippen molar-refractivity contribution in [2.45, 2.75) is 108 Å². The predicted molar refractivity (Wildman–Crippen MR) is 261 cm³/mol. The maximum atomic E-state index is 11.4. The molecule has 33 heteroatoms. The van der Waals surface area contributed by atoms with Crippen molar-refractivity contribution in [1.82, 2.24) is 0 Å². The summed E-state index contributed by atoms with van der Waals surface area (Å²) in [6, 6.07) is 51.4. The summed E-state index contributed by atoms with van der Waals surface area (Å²) in [5.41, 5.74) is 0. The molecule has 0 aromatic heterocycles. The molecule has 0 saturated carbocycles. The first-order valence-electron chi connectivity index (χ1n) is 26.0. The Labute approximate surface area is 552 Å². The van der Waals surface area contributed by atoms with E-state index < -0.39 is 175 Å². The molecule has 87 heavy (non-hydrogen) atoms. The summed E-state index contributed by atoms with van der Waals surface area (Å²) in [5, 5.41) is 0. The molecule has 6 aromatic carbocycles. The van der Waals surface area contributed by atoms with E-state index >= 15 is 0 Å². The summed E-state index contributed by atoms with van der Waals surface area (Å²) >= 11 is -32.0. The van der Waals surface area contributed by atoms with Crippen LogP contribution in [0.4, 0.5) is 0 Å². The Bertz CT molecular complexity index is 2660. The van der Waals surface area contributed by atoms with Crippen LogP contribution < -0.4 is 42.0 Å². The molecule has 0 N–H and O–H groups in total. The molecule has 0 radical (unpaired) electrons. The van der Waals surface area contributed by atoms with Gasteiger partial charge < -0.3 is 0 Å². The van der Waals surface area contributed by atoms with Gasteiger partial charge >= 0.3 is 559 Å². The molecule has 0 saturated heterocycles. The zero-order valence-electron chi connectivity index (χ0n) is 49.8. The van der Waals surface area contributed by atoms with Crippen LogP contribution in [0.3, 0.4) is 0 Å². The van der Waals surface area contributed by atoms with Crippen LogP contribution >= 0.6 is 0 Å². The van der Waals surface area contributed by atoms with E-state index in [1.165, 1.54) is 0 Å². The fraction of sp³-hybridized carbons (Fsp3) is 0.333. The predicted octanol–water partition coefficient (Wildman–Crippen LogP) is 8.78. The molecule has 0 bridgehead atoms. The van der Waals surface area contributed by atoms with Gasteiger partial charge in [-0.1, -0.05) is 0 Å². The molecule has 0 amide bonds. The standard InChI is InChI=1S/6C6H6O.6C3H7.3Cr.18O.6Ti/c6*7-6-4-2-1-3-5-6;6*1-3-2;;;;;;;;;;;;;;;;;;;;;;;;;;;/h6*1-5,7H;6*3H,1-2H3;;;;;;;;;;;;;;;;;;;;;;;;;;;/q;;;;;;;;;;;;3*+2;;;;;;;;;;;;;6*-1;6*+1/p-6. The monoisotopic (exact) mass is 1550 g/mol. The third-order valence-corrected chi connectivity index (χ3v) is 28.4. The van der Waals surface area contributed by atoms with Gasteiger partial charge in [0, 0.05) is 0 Å². The van der Waals surface area contributed by atoms with Gasteiger partial charge in [0.2, 0.25) is 0 Å². The quantitative estimate of drug-likeness (QED) is 0.0725. The molecule has 24 nitrogen and oxygen atoms in total. The molecule has 0 aliphatic heterocycles. The number of benzene rings is 6. The van der Waals surface area contributed by atoms with Crippen molar-refractivity contribution in [3.8, 4) is 34.5 Å². The molecule has 474 valence electrons. The summed E-state index contributed by atoms with van der Waals surface area (Å²) in [5.74, 6) is 2.42. The van der Waals surface area contributed by atoms with Crippen molar-refractivity contribution < 1.29 is 234 Å². The maximum absolute atomic E-state index is 11.4. The van der Waals surface area contributed by atoms with Crippen molar-refractivity contribution in [2.75, 3.05) is 0 Å². The third-order valence-electron chi connectivity index (χ3n) is 10.3. The van der Waals surface area contributed by atoms with Crippen LogP contribution in [-0.2, 0) is 192 Å². The van der Waals surface area contributed by atoms with Gasteiger partial charge in [-0.25, -0.2) is 0 Å². The number of hydrogen-bond donors (Lipinski definition) is 0. The normalized spacial score (nSPS) is 14.1. The summed E-state index contributed by atoms with van der Waals surface area (Å²) in [4.78, 5) is 0. The Kier molecular flexibility index (Phi) is 49.0. The van der Waals surface area contributed by atoms with E-state index in [1.807, 2.05) is 36.4 Å². The zero-order valence-corrected chi connectivity index (χ0v) is 63.0. The van der Waals surface area contributed by atoms with Gasteiger partial charge in [-0.2, -0.15) is 0 Å². The summed E-state index contributed by atoms with van der Waals surface area (Å²) in [6.45, 7) is 19.5. The molecular formula is C54H72Cr3O24Ti6. The minimum atomic E-state index is -4.52. The first-order chi connectivity index (χ1) is 40.4. The van der Waals surface area contributed by atoms with E-state index in [0.29, 0.717) is 34.5 Å². The van der Waals surface area contributed by atoms with Crippen LogP contribution in [0.1, 0.15) is 83.1 Å². The summed E-state index contributed by atoms with van der Waals surface area (Å²) in [6.07, 6.45) is 0. The average molecular weight is 1550 g/mol. The second-order valence-electron chi connectivity index (χ2n) is 19.2. The fourth-order valence-electron chi connectivity index (χ4n) is 4.62. The van der Waals surface area contributed by atoms with Crippen molar-refractivity contribution in [3.63, 3.8) is 0 Å². The molecular weight excluding hydrogens is 1480 g/mol. The van der Waals surface area contributed by atoms with Crippen LogP contribution in [-0.4, -0.2) is 0 Å². The molecule has 0 fully saturated rings. The Morgan fingerprint density at radius 1 is 0.230 bits per heavy atom. The van der Waals surface area contributed by atoms with E-state index in [0.717, 1.165) is 0 Å². The van der Waals surface area contributed by atoms with Gasteiger partial charge in [-0.3, -0.25) is 0 Å². The molecule has 6 atom stereocenters. The van der Waals surface area contributed by atoms with Gasteiger partial charge in [0.15, 0.2) is 0 Å². The van der Waals surface area contributed by atoms with E-state index in [4.69, 9.17) is 42.7 Å². The molecule has 0 aliphatic carbocycles. The van der Waals surface area contributed by atoms with Crippen LogP contribution in [0.15, 0.2) is 182 Å². The summed E-state index contributed by atoms with van der Waals surface area (Å²) in [7, 11) is 0. The third kappa shape index (κ3) is 44.5. The number of hydrogen-bond acceptors (Lipinski definition) is 24. The van der Waals surface area contributed by atoms with E-state index in [9.17, 15) is 42.1 Å². The molecule has 6 aromatic rings.